The lowest BCUT2D eigenvalue weighted by Gasteiger charge is -2.36. The number of carbonyl (C=O) groups is 1. The summed E-state index contributed by atoms with van der Waals surface area (Å²) < 4.78 is 5.34. The van der Waals surface area contributed by atoms with Gasteiger partial charge < -0.3 is 15.8 Å². The third-order valence-electron chi connectivity index (χ3n) is 4.11. The van der Waals surface area contributed by atoms with E-state index in [2.05, 4.69) is 12.2 Å². The standard InChI is InChI=1S/C13H24N2O2/c1-13(5-7-17-8-6-13)15-12(16)10-3-2-4-11(14)9-10/h10-11H,2-9,14H2,1H3,(H,15,16). The molecule has 0 aromatic rings. The molecule has 1 amide bonds. The van der Waals surface area contributed by atoms with Gasteiger partial charge in [0, 0.05) is 30.7 Å². The van der Waals surface area contributed by atoms with Gasteiger partial charge in [0.15, 0.2) is 0 Å². The van der Waals surface area contributed by atoms with E-state index in [9.17, 15) is 4.79 Å². The second kappa shape index (κ2) is 5.36. The fraction of sp³-hybridized carbons (Fsp3) is 0.923. The van der Waals surface area contributed by atoms with Crippen LogP contribution in [0.3, 0.4) is 0 Å². The third-order valence-corrected chi connectivity index (χ3v) is 4.11. The second-order valence-corrected chi connectivity index (χ2v) is 5.79. The minimum absolute atomic E-state index is 0.0725. The summed E-state index contributed by atoms with van der Waals surface area (Å²) >= 11 is 0. The van der Waals surface area contributed by atoms with E-state index in [0.29, 0.717) is 0 Å². The zero-order chi connectivity index (χ0) is 12.3. The largest absolute Gasteiger partial charge is 0.381 e. The van der Waals surface area contributed by atoms with Crippen molar-refractivity contribution in [1.82, 2.24) is 5.32 Å². The highest BCUT2D eigenvalue weighted by Crippen LogP contribution is 2.26. The monoisotopic (exact) mass is 240 g/mol. The van der Waals surface area contributed by atoms with Crippen molar-refractivity contribution in [1.29, 1.82) is 0 Å². The van der Waals surface area contributed by atoms with Crippen molar-refractivity contribution in [2.75, 3.05) is 13.2 Å². The van der Waals surface area contributed by atoms with Crippen molar-refractivity contribution in [3.8, 4) is 0 Å². The summed E-state index contributed by atoms with van der Waals surface area (Å²) in [5.74, 6) is 0.322. The molecular formula is C13H24N2O2. The average Bonchev–Trinajstić information content (AvgIpc) is 2.29. The molecule has 2 fully saturated rings. The van der Waals surface area contributed by atoms with Gasteiger partial charge in [-0.15, -0.1) is 0 Å². The fourth-order valence-electron chi connectivity index (χ4n) is 2.81. The van der Waals surface area contributed by atoms with Crippen LogP contribution >= 0.6 is 0 Å². The minimum atomic E-state index is -0.0725. The summed E-state index contributed by atoms with van der Waals surface area (Å²) in [6.07, 6.45) is 5.81. The van der Waals surface area contributed by atoms with Crippen molar-refractivity contribution in [2.24, 2.45) is 11.7 Å². The van der Waals surface area contributed by atoms with Crippen LogP contribution in [0.2, 0.25) is 0 Å². The molecule has 0 bridgehead atoms. The molecule has 98 valence electrons. The van der Waals surface area contributed by atoms with Gasteiger partial charge in [0.2, 0.25) is 5.91 Å². The Labute approximate surface area is 103 Å². The van der Waals surface area contributed by atoms with E-state index in [1.54, 1.807) is 0 Å². The molecule has 1 saturated heterocycles. The Hall–Kier alpha value is -0.610. The first-order chi connectivity index (χ1) is 8.09. The van der Waals surface area contributed by atoms with Crippen LogP contribution in [-0.2, 0) is 9.53 Å². The van der Waals surface area contributed by atoms with E-state index in [-0.39, 0.29) is 23.4 Å². The van der Waals surface area contributed by atoms with E-state index < -0.39 is 0 Å². The van der Waals surface area contributed by atoms with Crippen molar-refractivity contribution in [2.45, 2.75) is 57.0 Å². The van der Waals surface area contributed by atoms with E-state index in [4.69, 9.17) is 10.5 Å². The van der Waals surface area contributed by atoms with Gasteiger partial charge in [0.1, 0.15) is 0 Å². The highest BCUT2D eigenvalue weighted by atomic mass is 16.5. The second-order valence-electron chi connectivity index (χ2n) is 5.79. The van der Waals surface area contributed by atoms with Crippen molar-refractivity contribution in [3.63, 3.8) is 0 Å². The predicted octanol–water partition coefficient (Wildman–Crippen LogP) is 1.19. The molecule has 2 unspecified atom stereocenters. The molecule has 1 aliphatic heterocycles. The summed E-state index contributed by atoms with van der Waals surface area (Å²) in [4.78, 5) is 12.2. The summed E-state index contributed by atoms with van der Waals surface area (Å²) in [5.41, 5.74) is 5.86. The van der Waals surface area contributed by atoms with Gasteiger partial charge in [-0.1, -0.05) is 6.42 Å². The molecule has 2 rings (SSSR count). The number of rotatable bonds is 2. The summed E-state index contributed by atoms with van der Waals surface area (Å²) in [7, 11) is 0. The molecule has 1 aliphatic carbocycles. The normalized spacial score (nSPS) is 33.1. The van der Waals surface area contributed by atoms with Gasteiger partial charge in [-0.3, -0.25) is 4.79 Å². The number of nitrogens with two attached hydrogens (primary N) is 1. The molecule has 0 aromatic heterocycles. The molecule has 3 N–H and O–H groups in total. The van der Waals surface area contributed by atoms with Crippen molar-refractivity contribution in [3.05, 3.63) is 0 Å². The Kier molecular flexibility index (Phi) is 4.05. The maximum Gasteiger partial charge on any atom is 0.223 e. The zero-order valence-corrected chi connectivity index (χ0v) is 10.7. The molecule has 0 spiro atoms. The lowest BCUT2D eigenvalue weighted by atomic mass is 9.84. The minimum Gasteiger partial charge on any atom is -0.381 e. The van der Waals surface area contributed by atoms with Crippen LogP contribution in [0.4, 0.5) is 0 Å². The molecule has 1 saturated carbocycles. The quantitative estimate of drug-likeness (QED) is 0.762. The first-order valence-electron chi connectivity index (χ1n) is 6.74. The molecule has 2 atom stereocenters. The lowest BCUT2D eigenvalue weighted by Crippen LogP contribution is -2.52. The van der Waals surface area contributed by atoms with Gasteiger partial charge >= 0.3 is 0 Å². The molecule has 4 heteroatoms. The van der Waals surface area contributed by atoms with Crippen LogP contribution in [0.15, 0.2) is 0 Å². The first-order valence-corrected chi connectivity index (χ1v) is 6.74. The third kappa shape index (κ3) is 3.42. The first kappa shape index (κ1) is 12.8. The van der Waals surface area contributed by atoms with Gasteiger partial charge in [-0.2, -0.15) is 0 Å². The molecule has 0 aromatic carbocycles. The van der Waals surface area contributed by atoms with E-state index in [1.807, 2.05) is 0 Å². The molecule has 0 radical (unpaired) electrons. The number of ether oxygens (including phenoxy) is 1. The average molecular weight is 240 g/mol. The van der Waals surface area contributed by atoms with Crippen LogP contribution in [0.1, 0.15) is 45.4 Å². The predicted molar refractivity (Wildman–Crippen MR) is 66.5 cm³/mol. The molecule has 4 nitrogen and oxygen atoms in total. The number of carbonyl (C=O) groups excluding carboxylic acids is 1. The van der Waals surface area contributed by atoms with Gasteiger partial charge in [0.05, 0.1) is 0 Å². The maximum atomic E-state index is 12.2. The van der Waals surface area contributed by atoms with Crippen LogP contribution in [0.5, 0.6) is 0 Å². The number of hydrogen-bond donors (Lipinski definition) is 2. The SMILES string of the molecule is CC1(NC(=O)C2CCCC(N)C2)CCOCC1. The van der Waals surface area contributed by atoms with Crippen molar-refractivity contribution < 1.29 is 9.53 Å². The van der Waals surface area contributed by atoms with Crippen LogP contribution < -0.4 is 11.1 Å². The fourth-order valence-corrected chi connectivity index (χ4v) is 2.81. The Morgan fingerprint density at radius 1 is 1.35 bits per heavy atom. The van der Waals surface area contributed by atoms with Crippen LogP contribution in [-0.4, -0.2) is 30.7 Å². The number of nitrogens with one attached hydrogen (secondary N) is 1. The highest BCUT2D eigenvalue weighted by Gasteiger charge is 2.33. The zero-order valence-electron chi connectivity index (χ0n) is 10.7. The van der Waals surface area contributed by atoms with Gasteiger partial charge in [-0.25, -0.2) is 0 Å². The smallest absolute Gasteiger partial charge is 0.223 e. The Morgan fingerprint density at radius 3 is 2.71 bits per heavy atom. The summed E-state index contributed by atoms with van der Waals surface area (Å²) in [5, 5.41) is 3.21. The number of hydrogen-bond acceptors (Lipinski definition) is 3. The van der Waals surface area contributed by atoms with Crippen LogP contribution in [0.25, 0.3) is 0 Å². The molecule has 17 heavy (non-hydrogen) atoms. The maximum absolute atomic E-state index is 12.2. The summed E-state index contributed by atoms with van der Waals surface area (Å²) in [6, 6.07) is 0.210. The Morgan fingerprint density at radius 2 is 2.06 bits per heavy atom. The van der Waals surface area contributed by atoms with Crippen LogP contribution in [0, 0.1) is 5.92 Å². The highest BCUT2D eigenvalue weighted by molar-refractivity contribution is 5.79. The molecular weight excluding hydrogens is 216 g/mol. The van der Waals surface area contributed by atoms with Gasteiger partial charge in [0.25, 0.3) is 0 Å². The van der Waals surface area contributed by atoms with E-state index in [1.165, 1.54) is 0 Å². The Bertz CT molecular complexity index is 275. The van der Waals surface area contributed by atoms with Gasteiger partial charge in [-0.05, 0) is 39.0 Å². The molecule has 2 aliphatic rings. The Balaban J connectivity index is 1.87. The number of amides is 1. The van der Waals surface area contributed by atoms with E-state index in [0.717, 1.165) is 51.7 Å². The lowest BCUT2D eigenvalue weighted by molar-refractivity contribution is -0.129. The topological polar surface area (TPSA) is 64.4 Å². The summed E-state index contributed by atoms with van der Waals surface area (Å²) in [6.45, 7) is 3.62. The molecule has 1 heterocycles. The van der Waals surface area contributed by atoms with Crippen molar-refractivity contribution >= 4 is 5.91 Å². The van der Waals surface area contributed by atoms with E-state index >= 15 is 0 Å².